The first-order valence-electron chi connectivity index (χ1n) is 6.44. The standard InChI is InChI=1S/C18H16/c1-15-7-9-16(10-8-15)11-12-18(13-14-18)17-5-3-2-4-6-17/h2-10H,13-14H2,1H3. The highest BCUT2D eigenvalue weighted by molar-refractivity contribution is 5.46. The zero-order valence-corrected chi connectivity index (χ0v) is 10.6. The SMILES string of the molecule is Cc1ccc(C#CC2(c3ccccc3)CC2)cc1. The maximum Gasteiger partial charge on any atom is 0.0567 e. The van der Waals surface area contributed by atoms with Gasteiger partial charge in [-0.3, -0.25) is 0 Å². The van der Waals surface area contributed by atoms with E-state index in [2.05, 4.69) is 73.4 Å². The van der Waals surface area contributed by atoms with Crippen LogP contribution in [0.2, 0.25) is 0 Å². The lowest BCUT2D eigenvalue weighted by Gasteiger charge is -2.06. The molecular formula is C18H16. The van der Waals surface area contributed by atoms with E-state index >= 15 is 0 Å². The molecule has 1 fully saturated rings. The lowest BCUT2D eigenvalue weighted by molar-refractivity contribution is 0.929. The minimum Gasteiger partial charge on any atom is -0.0863 e. The average Bonchev–Trinajstić information content (AvgIpc) is 3.20. The van der Waals surface area contributed by atoms with Gasteiger partial charge in [0.25, 0.3) is 0 Å². The molecule has 0 nitrogen and oxygen atoms in total. The molecule has 0 atom stereocenters. The molecule has 0 unspecified atom stereocenters. The predicted molar refractivity (Wildman–Crippen MR) is 75.4 cm³/mol. The van der Waals surface area contributed by atoms with Crippen molar-refractivity contribution in [1.82, 2.24) is 0 Å². The van der Waals surface area contributed by atoms with Crippen molar-refractivity contribution >= 4 is 0 Å². The van der Waals surface area contributed by atoms with Crippen LogP contribution in [0.5, 0.6) is 0 Å². The van der Waals surface area contributed by atoms with Crippen LogP contribution in [0, 0.1) is 18.8 Å². The van der Waals surface area contributed by atoms with Crippen LogP contribution in [-0.2, 0) is 5.41 Å². The molecule has 1 aliphatic carbocycles. The van der Waals surface area contributed by atoms with Gasteiger partial charge in [-0.1, -0.05) is 59.9 Å². The molecule has 0 heterocycles. The molecule has 1 saturated carbocycles. The van der Waals surface area contributed by atoms with Crippen LogP contribution in [0.25, 0.3) is 0 Å². The van der Waals surface area contributed by atoms with E-state index in [0.29, 0.717) is 0 Å². The van der Waals surface area contributed by atoms with Gasteiger partial charge >= 0.3 is 0 Å². The third kappa shape index (κ3) is 2.17. The van der Waals surface area contributed by atoms with Gasteiger partial charge < -0.3 is 0 Å². The van der Waals surface area contributed by atoms with Crippen molar-refractivity contribution in [1.29, 1.82) is 0 Å². The smallest absolute Gasteiger partial charge is 0.0567 e. The minimum atomic E-state index is 0.131. The molecule has 0 N–H and O–H groups in total. The minimum absolute atomic E-state index is 0.131. The first-order valence-corrected chi connectivity index (χ1v) is 6.44. The summed E-state index contributed by atoms with van der Waals surface area (Å²) in [6, 6.07) is 19.1. The van der Waals surface area contributed by atoms with Crippen LogP contribution in [0.15, 0.2) is 54.6 Å². The summed E-state index contributed by atoms with van der Waals surface area (Å²) in [5.74, 6) is 6.80. The van der Waals surface area contributed by atoms with Gasteiger partial charge in [-0.15, -0.1) is 0 Å². The largest absolute Gasteiger partial charge is 0.0863 e. The summed E-state index contributed by atoms with van der Waals surface area (Å²) >= 11 is 0. The third-order valence-corrected chi connectivity index (χ3v) is 3.57. The average molecular weight is 232 g/mol. The van der Waals surface area contributed by atoms with E-state index in [1.54, 1.807) is 0 Å². The monoisotopic (exact) mass is 232 g/mol. The number of aryl methyl sites for hydroxylation is 1. The second-order valence-corrected chi connectivity index (χ2v) is 5.06. The molecule has 0 radical (unpaired) electrons. The number of benzene rings is 2. The Morgan fingerprint density at radius 3 is 2.17 bits per heavy atom. The maximum absolute atomic E-state index is 3.47. The molecule has 3 rings (SSSR count). The van der Waals surface area contributed by atoms with Gasteiger partial charge in [0.1, 0.15) is 0 Å². The summed E-state index contributed by atoms with van der Waals surface area (Å²) < 4.78 is 0. The van der Waals surface area contributed by atoms with Gasteiger partial charge in [0, 0.05) is 5.56 Å². The fourth-order valence-electron chi connectivity index (χ4n) is 2.20. The molecule has 1 aliphatic rings. The molecule has 0 heteroatoms. The second kappa shape index (κ2) is 4.35. The first kappa shape index (κ1) is 11.1. The quantitative estimate of drug-likeness (QED) is 0.650. The highest BCUT2D eigenvalue weighted by Crippen LogP contribution is 2.47. The second-order valence-electron chi connectivity index (χ2n) is 5.06. The van der Waals surface area contributed by atoms with Gasteiger partial charge in [0.05, 0.1) is 5.41 Å². The van der Waals surface area contributed by atoms with Crippen LogP contribution in [0.3, 0.4) is 0 Å². The summed E-state index contributed by atoms with van der Waals surface area (Å²) in [4.78, 5) is 0. The third-order valence-electron chi connectivity index (χ3n) is 3.57. The zero-order valence-electron chi connectivity index (χ0n) is 10.6. The summed E-state index contributed by atoms with van der Waals surface area (Å²) in [5, 5.41) is 0. The van der Waals surface area contributed by atoms with Crippen LogP contribution in [0.4, 0.5) is 0 Å². The molecule has 88 valence electrons. The molecule has 0 aliphatic heterocycles. The molecule has 0 saturated heterocycles. The van der Waals surface area contributed by atoms with Crippen molar-refractivity contribution < 1.29 is 0 Å². The van der Waals surface area contributed by atoms with E-state index in [9.17, 15) is 0 Å². The molecule has 2 aromatic carbocycles. The fraction of sp³-hybridized carbons (Fsp3) is 0.222. The van der Waals surface area contributed by atoms with Gasteiger partial charge in [0.15, 0.2) is 0 Å². The Morgan fingerprint density at radius 1 is 0.889 bits per heavy atom. The van der Waals surface area contributed by atoms with E-state index in [4.69, 9.17) is 0 Å². The number of rotatable bonds is 1. The van der Waals surface area contributed by atoms with Gasteiger partial charge in [-0.2, -0.15) is 0 Å². The Morgan fingerprint density at radius 2 is 1.56 bits per heavy atom. The van der Waals surface area contributed by atoms with Crippen molar-refractivity contribution in [2.24, 2.45) is 0 Å². The lowest BCUT2D eigenvalue weighted by atomic mass is 9.96. The molecular weight excluding hydrogens is 216 g/mol. The van der Waals surface area contributed by atoms with Crippen LogP contribution in [-0.4, -0.2) is 0 Å². The molecule has 2 aromatic rings. The van der Waals surface area contributed by atoms with Crippen molar-refractivity contribution in [3.05, 3.63) is 71.3 Å². The highest BCUT2D eigenvalue weighted by Gasteiger charge is 2.42. The van der Waals surface area contributed by atoms with E-state index < -0.39 is 0 Å². The van der Waals surface area contributed by atoms with Gasteiger partial charge in [-0.05, 0) is 37.5 Å². The van der Waals surface area contributed by atoms with Crippen LogP contribution < -0.4 is 0 Å². The Hall–Kier alpha value is -2.00. The maximum atomic E-state index is 3.47. The fourth-order valence-corrected chi connectivity index (χ4v) is 2.20. The topological polar surface area (TPSA) is 0 Å². The summed E-state index contributed by atoms with van der Waals surface area (Å²) in [5.41, 5.74) is 3.89. The molecule has 0 amide bonds. The molecule has 18 heavy (non-hydrogen) atoms. The molecule has 0 bridgehead atoms. The summed E-state index contributed by atoms with van der Waals surface area (Å²) in [7, 11) is 0. The Kier molecular flexibility index (Phi) is 2.68. The van der Waals surface area contributed by atoms with Crippen LogP contribution in [0.1, 0.15) is 29.5 Å². The van der Waals surface area contributed by atoms with E-state index in [1.165, 1.54) is 24.0 Å². The van der Waals surface area contributed by atoms with Crippen molar-refractivity contribution in [3.8, 4) is 11.8 Å². The first-order chi connectivity index (χ1) is 8.78. The van der Waals surface area contributed by atoms with E-state index in [-0.39, 0.29) is 5.41 Å². The van der Waals surface area contributed by atoms with Gasteiger partial charge in [-0.25, -0.2) is 0 Å². The van der Waals surface area contributed by atoms with Crippen molar-refractivity contribution in [2.45, 2.75) is 25.2 Å². The van der Waals surface area contributed by atoms with E-state index in [0.717, 1.165) is 5.56 Å². The Labute approximate surface area is 109 Å². The Balaban J connectivity index is 1.87. The van der Waals surface area contributed by atoms with Crippen molar-refractivity contribution in [3.63, 3.8) is 0 Å². The lowest BCUT2D eigenvalue weighted by Crippen LogP contribution is -2.02. The molecule has 0 aromatic heterocycles. The predicted octanol–water partition coefficient (Wildman–Crippen LogP) is 4.08. The van der Waals surface area contributed by atoms with Crippen LogP contribution >= 0.6 is 0 Å². The molecule has 0 spiro atoms. The number of hydrogen-bond acceptors (Lipinski definition) is 0. The van der Waals surface area contributed by atoms with Crippen molar-refractivity contribution in [2.75, 3.05) is 0 Å². The normalized spacial score (nSPS) is 15.6. The zero-order chi connectivity index (χ0) is 12.4. The van der Waals surface area contributed by atoms with E-state index in [1.807, 2.05) is 0 Å². The highest BCUT2D eigenvalue weighted by atomic mass is 14.4. The number of hydrogen-bond donors (Lipinski definition) is 0. The summed E-state index contributed by atoms with van der Waals surface area (Å²) in [6.07, 6.45) is 2.38. The van der Waals surface area contributed by atoms with Gasteiger partial charge in [0.2, 0.25) is 0 Å². The summed E-state index contributed by atoms with van der Waals surface area (Å²) in [6.45, 7) is 2.10. The Bertz CT molecular complexity index is 590.